The Morgan fingerprint density at radius 2 is 1.79 bits per heavy atom. The van der Waals surface area contributed by atoms with Gasteiger partial charge in [0.15, 0.2) is 0 Å². The van der Waals surface area contributed by atoms with Gasteiger partial charge in [-0.3, -0.25) is 4.79 Å². The van der Waals surface area contributed by atoms with Gasteiger partial charge >= 0.3 is 12.1 Å². The quantitative estimate of drug-likeness (QED) is 0.564. The molecule has 2 amide bonds. The van der Waals surface area contributed by atoms with E-state index in [0.29, 0.717) is 6.42 Å². The van der Waals surface area contributed by atoms with E-state index in [2.05, 4.69) is 10.6 Å². The minimum atomic E-state index is -1.23. The Hall–Kier alpha value is -3.08. The van der Waals surface area contributed by atoms with E-state index in [0.717, 1.165) is 5.56 Å². The second kappa shape index (κ2) is 11.6. The number of benzene rings is 1. The molecule has 3 atom stereocenters. The third-order valence-electron chi connectivity index (χ3n) is 4.07. The molecule has 0 aliphatic heterocycles. The van der Waals surface area contributed by atoms with Crippen LogP contribution >= 0.6 is 0 Å². The van der Waals surface area contributed by atoms with Crippen molar-refractivity contribution >= 4 is 18.0 Å². The van der Waals surface area contributed by atoms with Crippen LogP contribution in [0.5, 0.6) is 0 Å². The standard InChI is InChI=1S/C20H27N3O5/c1-13(2)11-16(18(24)23-17(19(25)26)14(3)9-10-21)22-20(27)28-12-15-7-5-4-6-8-15/h4-8,13-14,16-17H,9,11-12H2,1-3H3,(H,22,27)(H,23,24)(H,25,26)/t14-,16-,17-/m0/s1. The van der Waals surface area contributed by atoms with E-state index in [9.17, 15) is 19.5 Å². The van der Waals surface area contributed by atoms with Crippen LogP contribution in [0.2, 0.25) is 0 Å². The van der Waals surface area contributed by atoms with Gasteiger partial charge in [-0.2, -0.15) is 5.26 Å². The van der Waals surface area contributed by atoms with Gasteiger partial charge in [-0.25, -0.2) is 9.59 Å². The van der Waals surface area contributed by atoms with Crippen molar-refractivity contribution in [1.82, 2.24) is 10.6 Å². The second-order valence-corrected chi connectivity index (χ2v) is 7.05. The molecule has 0 aliphatic rings. The summed E-state index contributed by atoms with van der Waals surface area (Å²) >= 11 is 0. The van der Waals surface area contributed by atoms with Gasteiger partial charge in [0.25, 0.3) is 0 Å². The second-order valence-electron chi connectivity index (χ2n) is 7.05. The maximum atomic E-state index is 12.6. The molecule has 0 heterocycles. The van der Waals surface area contributed by atoms with Crippen LogP contribution in [0, 0.1) is 23.2 Å². The summed E-state index contributed by atoms with van der Waals surface area (Å²) in [5.74, 6) is -2.35. The van der Waals surface area contributed by atoms with Crippen LogP contribution in [0.25, 0.3) is 0 Å². The van der Waals surface area contributed by atoms with Crippen molar-refractivity contribution in [3.05, 3.63) is 35.9 Å². The molecule has 8 heteroatoms. The maximum Gasteiger partial charge on any atom is 0.408 e. The van der Waals surface area contributed by atoms with Crippen LogP contribution in [0.3, 0.4) is 0 Å². The average Bonchev–Trinajstić information content (AvgIpc) is 2.64. The molecule has 8 nitrogen and oxygen atoms in total. The number of carboxylic acids is 1. The first-order chi connectivity index (χ1) is 13.2. The van der Waals surface area contributed by atoms with Gasteiger partial charge in [-0.15, -0.1) is 0 Å². The first-order valence-electron chi connectivity index (χ1n) is 9.12. The van der Waals surface area contributed by atoms with E-state index >= 15 is 0 Å². The number of nitriles is 1. The van der Waals surface area contributed by atoms with Crippen LogP contribution in [0.1, 0.15) is 39.2 Å². The molecule has 0 fully saturated rings. The molecule has 0 unspecified atom stereocenters. The molecule has 0 saturated heterocycles. The maximum absolute atomic E-state index is 12.6. The zero-order chi connectivity index (χ0) is 21.1. The zero-order valence-corrected chi connectivity index (χ0v) is 16.3. The largest absolute Gasteiger partial charge is 0.480 e. The molecule has 1 aromatic rings. The molecule has 0 radical (unpaired) electrons. The smallest absolute Gasteiger partial charge is 0.408 e. The highest BCUT2D eigenvalue weighted by molar-refractivity contribution is 5.89. The number of hydrogen-bond acceptors (Lipinski definition) is 5. The van der Waals surface area contributed by atoms with Crippen molar-refractivity contribution in [2.75, 3.05) is 0 Å². The molecular weight excluding hydrogens is 362 g/mol. The molecule has 152 valence electrons. The number of aliphatic carboxylic acids is 1. The number of amides is 2. The lowest BCUT2D eigenvalue weighted by Crippen LogP contribution is -2.53. The molecule has 0 aliphatic carbocycles. The monoisotopic (exact) mass is 389 g/mol. The van der Waals surface area contributed by atoms with Crippen molar-refractivity contribution in [1.29, 1.82) is 5.26 Å². The summed E-state index contributed by atoms with van der Waals surface area (Å²) in [6, 6.07) is 8.83. The molecule has 28 heavy (non-hydrogen) atoms. The molecule has 3 N–H and O–H groups in total. The topological polar surface area (TPSA) is 129 Å². The van der Waals surface area contributed by atoms with E-state index in [-0.39, 0.29) is 18.9 Å². The Balaban J connectivity index is 2.74. The van der Waals surface area contributed by atoms with Gasteiger partial charge < -0.3 is 20.5 Å². The van der Waals surface area contributed by atoms with Gasteiger partial charge in [0, 0.05) is 12.3 Å². The first kappa shape index (κ1) is 23.0. The fourth-order valence-corrected chi connectivity index (χ4v) is 2.57. The number of alkyl carbamates (subject to hydrolysis) is 1. The number of nitrogens with zero attached hydrogens (tertiary/aromatic N) is 1. The van der Waals surface area contributed by atoms with Crippen LogP contribution < -0.4 is 10.6 Å². The molecule has 0 bridgehead atoms. The fourth-order valence-electron chi connectivity index (χ4n) is 2.57. The Labute approximate surface area is 164 Å². The Morgan fingerprint density at radius 1 is 1.14 bits per heavy atom. The zero-order valence-electron chi connectivity index (χ0n) is 16.3. The summed E-state index contributed by atoms with van der Waals surface area (Å²) in [6.07, 6.45) is -0.467. The minimum Gasteiger partial charge on any atom is -0.480 e. The lowest BCUT2D eigenvalue weighted by molar-refractivity contribution is -0.143. The average molecular weight is 389 g/mol. The van der Waals surface area contributed by atoms with Crippen molar-refractivity contribution in [2.45, 2.75) is 52.3 Å². The van der Waals surface area contributed by atoms with E-state index in [1.165, 1.54) is 0 Å². The van der Waals surface area contributed by atoms with Gasteiger partial charge in [0.1, 0.15) is 18.7 Å². The lowest BCUT2D eigenvalue weighted by Gasteiger charge is -2.24. The Bertz CT molecular complexity index is 700. The number of rotatable bonds is 10. The Kier molecular flexibility index (Phi) is 9.51. The summed E-state index contributed by atoms with van der Waals surface area (Å²) in [5, 5.41) is 23.0. The summed E-state index contributed by atoms with van der Waals surface area (Å²) < 4.78 is 5.14. The first-order valence-corrected chi connectivity index (χ1v) is 9.12. The number of ether oxygens (including phenoxy) is 1. The van der Waals surface area contributed by atoms with Crippen LogP contribution in [0.15, 0.2) is 30.3 Å². The number of carbonyl (C=O) groups is 3. The number of hydrogen-bond donors (Lipinski definition) is 3. The van der Waals surface area contributed by atoms with Crippen molar-refractivity contribution in [3.8, 4) is 6.07 Å². The van der Waals surface area contributed by atoms with E-state index < -0.39 is 36.0 Å². The predicted octanol–water partition coefficient (Wildman–Crippen LogP) is 2.45. The molecule has 1 rings (SSSR count). The van der Waals surface area contributed by atoms with Crippen molar-refractivity contribution in [3.63, 3.8) is 0 Å². The third-order valence-corrected chi connectivity index (χ3v) is 4.07. The number of carboxylic acid groups (broad SMARTS) is 1. The van der Waals surface area contributed by atoms with Gasteiger partial charge in [0.05, 0.1) is 6.07 Å². The SMILES string of the molecule is CC(C)C[C@H](NC(=O)OCc1ccccc1)C(=O)N[C@H](C(=O)O)[C@@H](C)CC#N. The summed E-state index contributed by atoms with van der Waals surface area (Å²) in [6.45, 7) is 5.38. The highest BCUT2D eigenvalue weighted by Crippen LogP contribution is 2.11. The van der Waals surface area contributed by atoms with E-state index in [1.807, 2.05) is 38.1 Å². The summed E-state index contributed by atoms with van der Waals surface area (Å²) in [7, 11) is 0. The number of nitrogens with one attached hydrogen (secondary N) is 2. The van der Waals surface area contributed by atoms with Crippen LogP contribution in [-0.4, -0.2) is 35.2 Å². The molecule has 1 aromatic carbocycles. The molecule has 0 aromatic heterocycles. The Morgan fingerprint density at radius 3 is 2.32 bits per heavy atom. The van der Waals surface area contributed by atoms with Gasteiger partial charge in [0.2, 0.25) is 5.91 Å². The van der Waals surface area contributed by atoms with Gasteiger partial charge in [-0.05, 0) is 17.9 Å². The van der Waals surface area contributed by atoms with Gasteiger partial charge in [-0.1, -0.05) is 51.1 Å². The van der Waals surface area contributed by atoms with E-state index in [1.54, 1.807) is 19.1 Å². The normalized spacial score (nSPS) is 13.7. The van der Waals surface area contributed by atoms with Crippen molar-refractivity contribution in [2.24, 2.45) is 11.8 Å². The predicted molar refractivity (Wildman–Crippen MR) is 102 cm³/mol. The highest BCUT2D eigenvalue weighted by atomic mass is 16.5. The number of carbonyl (C=O) groups excluding carboxylic acids is 2. The van der Waals surface area contributed by atoms with E-state index in [4.69, 9.17) is 10.00 Å². The van der Waals surface area contributed by atoms with Crippen LogP contribution in [0.4, 0.5) is 4.79 Å². The molecular formula is C20H27N3O5. The third kappa shape index (κ3) is 8.08. The minimum absolute atomic E-state index is 0.0152. The summed E-state index contributed by atoms with van der Waals surface area (Å²) in [4.78, 5) is 36.1. The lowest BCUT2D eigenvalue weighted by atomic mass is 9.97. The fraction of sp³-hybridized carbons (Fsp3) is 0.500. The highest BCUT2D eigenvalue weighted by Gasteiger charge is 2.30. The van der Waals surface area contributed by atoms with Crippen LogP contribution in [-0.2, 0) is 20.9 Å². The molecule has 0 saturated carbocycles. The molecule has 0 spiro atoms. The van der Waals surface area contributed by atoms with Crippen molar-refractivity contribution < 1.29 is 24.2 Å². The summed E-state index contributed by atoms with van der Waals surface area (Å²) in [5.41, 5.74) is 0.804.